The number of halogens is 1. The molecule has 194 valence electrons. The molecule has 4 N–H and O–H groups in total. The van der Waals surface area contributed by atoms with Gasteiger partial charge in [0.25, 0.3) is 5.91 Å². The van der Waals surface area contributed by atoms with Crippen molar-refractivity contribution in [3.05, 3.63) is 58.0 Å². The van der Waals surface area contributed by atoms with Crippen molar-refractivity contribution in [1.29, 1.82) is 0 Å². The van der Waals surface area contributed by atoms with Crippen LogP contribution in [0.25, 0.3) is 11.4 Å². The van der Waals surface area contributed by atoms with Crippen LogP contribution in [0.1, 0.15) is 51.8 Å². The number of furan rings is 1. The predicted molar refractivity (Wildman–Crippen MR) is 141 cm³/mol. The summed E-state index contributed by atoms with van der Waals surface area (Å²) in [6.45, 7) is 4.98. The highest BCUT2D eigenvalue weighted by molar-refractivity contribution is 6.30. The summed E-state index contributed by atoms with van der Waals surface area (Å²) in [5.41, 5.74) is 2.28. The van der Waals surface area contributed by atoms with E-state index in [0.717, 1.165) is 17.5 Å². The Kier molecular flexibility index (Phi) is 8.39. The fraction of sp³-hybridized carbons (Fsp3) is 0.346. The highest BCUT2D eigenvalue weighted by atomic mass is 35.5. The molecule has 0 aliphatic heterocycles. The van der Waals surface area contributed by atoms with E-state index in [1.54, 1.807) is 12.1 Å². The van der Waals surface area contributed by atoms with E-state index < -0.39 is 0 Å². The maximum absolute atomic E-state index is 12.7. The lowest BCUT2D eigenvalue weighted by Gasteiger charge is -2.16. The summed E-state index contributed by atoms with van der Waals surface area (Å²) >= 11 is 6.03. The number of Topliss-reactive ketones (excluding diaryl/α,β-unsaturated/α-hetero) is 1. The third-order valence-electron chi connectivity index (χ3n) is 5.94. The van der Waals surface area contributed by atoms with Gasteiger partial charge in [0.1, 0.15) is 23.7 Å². The van der Waals surface area contributed by atoms with Gasteiger partial charge in [0, 0.05) is 62.1 Å². The van der Waals surface area contributed by atoms with Crippen molar-refractivity contribution < 1.29 is 18.8 Å². The summed E-state index contributed by atoms with van der Waals surface area (Å²) in [5.74, 6) is 1.82. The van der Waals surface area contributed by atoms with Gasteiger partial charge >= 0.3 is 0 Å². The number of nitrogens with zero attached hydrogens (tertiary/aromatic N) is 2. The van der Waals surface area contributed by atoms with Crippen LogP contribution in [0.4, 0.5) is 11.6 Å². The minimum absolute atomic E-state index is 0.0526. The van der Waals surface area contributed by atoms with E-state index >= 15 is 0 Å². The fourth-order valence-electron chi connectivity index (χ4n) is 4.05. The average molecular weight is 525 g/mol. The number of nitrogens with one attached hydrogen (secondary N) is 4. The standard InChI is InChI=1S/C26H29ClN6O4/c1-15-23(29-11-10-28-16(2)34)32-25(17-6-8-18(27)9-7-17)33-24(15)30-12-13-31-26(36)19-14-37-21-5-3-4-20(35)22(19)21/h6-9,14H,3-5,10-13H2,1-2H3,(H,28,34)(H,31,36)(H2,29,30,32,33). The number of ketones is 1. The van der Waals surface area contributed by atoms with Crippen LogP contribution in [-0.2, 0) is 11.2 Å². The van der Waals surface area contributed by atoms with E-state index in [1.807, 2.05) is 19.1 Å². The third-order valence-corrected chi connectivity index (χ3v) is 6.19. The molecule has 3 aromatic rings. The second-order valence-electron chi connectivity index (χ2n) is 8.69. The lowest BCUT2D eigenvalue weighted by molar-refractivity contribution is -0.118. The molecule has 0 unspecified atom stereocenters. The van der Waals surface area contributed by atoms with Gasteiger partial charge in [-0.15, -0.1) is 0 Å². The first kappa shape index (κ1) is 26.2. The number of aryl methyl sites for hydroxylation is 1. The van der Waals surface area contributed by atoms with Gasteiger partial charge in [0.2, 0.25) is 5.91 Å². The highest BCUT2D eigenvalue weighted by Crippen LogP contribution is 2.27. The molecule has 0 fully saturated rings. The van der Waals surface area contributed by atoms with Gasteiger partial charge in [-0.25, -0.2) is 9.97 Å². The van der Waals surface area contributed by atoms with Crippen molar-refractivity contribution >= 4 is 40.8 Å². The Morgan fingerprint density at radius 1 is 0.973 bits per heavy atom. The summed E-state index contributed by atoms with van der Waals surface area (Å²) < 4.78 is 5.45. The predicted octanol–water partition coefficient (Wildman–Crippen LogP) is 3.61. The van der Waals surface area contributed by atoms with Gasteiger partial charge in [-0.2, -0.15) is 0 Å². The number of benzene rings is 1. The Morgan fingerprint density at radius 2 is 1.62 bits per heavy atom. The number of aromatic nitrogens is 2. The van der Waals surface area contributed by atoms with Crippen LogP contribution in [0.2, 0.25) is 5.02 Å². The van der Waals surface area contributed by atoms with E-state index in [0.29, 0.717) is 72.8 Å². The van der Waals surface area contributed by atoms with Gasteiger partial charge in [-0.05, 0) is 37.6 Å². The number of anilines is 2. The van der Waals surface area contributed by atoms with Crippen LogP contribution < -0.4 is 21.3 Å². The van der Waals surface area contributed by atoms with E-state index in [4.69, 9.17) is 16.0 Å². The summed E-state index contributed by atoms with van der Waals surface area (Å²) in [7, 11) is 0. The largest absolute Gasteiger partial charge is 0.468 e. The van der Waals surface area contributed by atoms with Crippen molar-refractivity contribution in [3.63, 3.8) is 0 Å². The van der Waals surface area contributed by atoms with E-state index in [2.05, 4.69) is 31.2 Å². The lowest BCUT2D eigenvalue weighted by Crippen LogP contribution is -2.30. The van der Waals surface area contributed by atoms with Gasteiger partial charge in [0.15, 0.2) is 11.6 Å². The Balaban J connectivity index is 1.43. The maximum Gasteiger partial charge on any atom is 0.255 e. The second-order valence-corrected chi connectivity index (χ2v) is 9.13. The van der Waals surface area contributed by atoms with Crippen LogP contribution in [0.5, 0.6) is 0 Å². The van der Waals surface area contributed by atoms with Crippen LogP contribution in [0, 0.1) is 6.92 Å². The molecule has 0 bridgehead atoms. The van der Waals surface area contributed by atoms with E-state index in [9.17, 15) is 14.4 Å². The van der Waals surface area contributed by atoms with Gasteiger partial charge in [0.05, 0.1) is 11.1 Å². The van der Waals surface area contributed by atoms with Crippen molar-refractivity contribution in [2.75, 3.05) is 36.8 Å². The monoisotopic (exact) mass is 524 g/mol. The zero-order valence-corrected chi connectivity index (χ0v) is 21.5. The maximum atomic E-state index is 12.7. The third kappa shape index (κ3) is 6.45. The number of amides is 2. The normalized spacial score (nSPS) is 12.6. The molecule has 1 aromatic carbocycles. The van der Waals surface area contributed by atoms with E-state index in [1.165, 1.54) is 13.2 Å². The topological polar surface area (TPSA) is 138 Å². The molecular weight excluding hydrogens is 496 g/mol. The first-order valence-electron chi connectivity index (χ1n) is 12.1. The smallest absolute Gasteiger partial charge is 0.255 e. The molecule has 2 amide bonds. The number of hydrogen-bond acceptors (Lipinski definition) is 8. The first-order chi connectivity index (χ1) is 17.8. The fourth-order valence-corrected chi connectivity index (χ4v) is 4.18. The summed E-state index contributed by atoms with van der Waals surface area (Å²) in [6.07, 6.45) is 3.20. The van der Waals surface area contributed by atoms with Gasteiger partial charge in [-0.3, -0.25) is 14.4 Å². The molecule has 10 nitrogen and oxygen atoms in total. The molecule has 0 spiro atoms. The Bertz CT molecular complexity index is 1310. The highest BCUT2D eigenvalue weighted by Gasteiger charge is 2.27. The first-order valence-corrected chi connectivity index (χ1v) is 12.5. The SMILES string of the molecule is CC(=O)NCCNc1nc(-c2ccc(Cl)cc2)nc(NCCNC(=O)c2coc3c2C(=O)CCC3)c1C. The molecule has 0 saturated heterocycles. The molecule has 37 heavy (non-hydrogen) atoms. The van der Waals surface area contributed by atoms with Crippen LogP contribution >= 0.6 is 11.6 Å². The second kappa shape index (κ2) is 11.9. The Labute approximate surface area is 219 Å². The number of carbonyl (C=O) groups excluding carboxylic acids is 3. The minimum Gasteiger partial charge on any atom is -0.468 e. The molecule has 2 heterocycles. The van der Waals surface area contributed by atoms with Gasteiger partial charge in [-0.1, -0.05) is 11.6 Å². The Morgan fingerprint density at radius 3 is 2.27 bits per heavy atom. The van der Waals surface area contributed by atoms with Crippen LogP contribution in [0.15, 0.2) is 34.9 Å². The zero-order chi connectivity index (χ0) is 26.4. The van der Waals surface area contributed by atoms with Gasteiger partial charge < -0.3 is 25.7 Å². The summed E-state index contributed by atoms with van der Waals surface area (Å²) in [4.78, 5) is 45.4. The van der Waals surface area contributed by atoms with Crippen molar-refractivity contribution in [3.8, 4) is 11.4 Å². The minimum atomic E-state index is -0.344. The molecule has 1 aliphatic carbocycles. The number of rotatable bonds is 10. The average Bonchev–Trinajstić information content (AvgIpc) is 3.32. The number of fused-ring (bicyclic) bond motifs is 1. The Hall–Kier alpha value is -3.92. The molecular formula is C26H29ClN6O4. The quantitative estimate of drug-likeness (QED) is 0.295. The molecule has 0 radical (unpaired) electrons. The van der Waals surface area contributed by atoms with Crippen LogP contribution in [0.3, 0.4) is 0 Å². The summed E-state index contributed by atoms with van der Waals surface area (Å²) in [5, 5.41) is 12.7. The summed E-state index contributed by atoms with van der Waals surface area (Å²) in [6, 6.07) is 7.22. The van der Waals surface area contributed by atoms with Crippen LogP contribution in [-0.4, -0.2) is 53.7 Å². The molecule has 11 heteroatoms. The van der Waals surface area contributed by atoms with E-state index in [-0.39, 0.29) is 23.2 Å². The van der Waals surface area contributed by atoms with Crippen molar-refractivity contribution in [2.45, 2.75) is 33.1 Å². The molecule has 2 aromatic heterocycles. The molecule has 0 atom stereocenters. The number of hydrogen-bond donors (Lipinski definition) is 4. The zero-order valence-electron chi connectivity index (χ0n) is 20.7. The molecule has 0 saturated carbocycles. The van der Waals surface area contributed by atoms with Crippen molar-refractivity contribution in [1.82, 2.24) is 20.6 Å². The molecule has 1 aliphatic rings. The lowest BCUT2D eigenvalue weighted by atomic mass is 9.94. The number of carbonyl (C=O) groups is 3. The molecule has 4 rings (SSSR count). The van der Waals surface area contributed by atoms with Crippen molar-refractivity contribution in [2.24, 2.45) is 0 Å².